The molecule has 0 amide bonds. The van der Waals surface area contributed by atoms with Gasteiger partial charge in [-0.2, -0.15) is 10.2 Å². The number of aryl methyl sites for hydroxylation is 1. The Balaban J connectivity index is 1.76. The molecule has 3 aromatic rings. The zero-order valence-electron chi connectivity index (χ0n) is 21.5. The van der Waals surface area contributed by atoms with E-state index in [2.05, 4.69) is 24.8 Å². The fraction of sp³-hybridized carbons (Fsp3) is 0.368. The molecule has 0 aliphatic heterocycles. The first kappa shape index (κ1) is 13.7. The van der Waals surface area contributed by atoms with Gasteiger partial charge in [-0.05, 0) is 25.2 Å². The zero-order chi connectivity index (χ0) is 26.6. The Labute approximate surface area is 178 Å². The average molecular weight is 425 g/mol. The molecule has 1 atom stereocenters. The maximum absolute atomic E-state index is 15.3. The monoisotopic (exact) mass is 425 g/mol. The molecule has 0 radical (unpaired) electrons. The van der Waals surface area contributed by atoms with Gasteiger partial charge in [0.1, 0.15) is 11.9 Å². The highest BCUT2D eigenvalue weighted by Gasteiger charge is 2.34. The number of nitro groups is 1. The number of halogens is 2. The summed E-state index contributed by atoms with van der Waals surface area (Å²) < 4.78 is 84.8. The predicted molar refractivity (Wildman–Crippen MR) is 102 cm³/mol. The largest absolute Gasteiger partial charge is 0.494 e. The van der Waals surface area contributed by atoms with Gasteiger partial charge in [0.25, 0.3) is 0 Å². The van der Waals surface area contributed by atoms with Crippen molar-refractivity contribution in [3.8, 4) is 22.9 Å². The molecule has 1 aliphatic carbocycles. The maximum atomic E-state index is 15.3. The minimum Gasteiger partial charge on any atom is -0.494 e. The Morgan fingerprint density at radius 2 is 2.03 bits per heavy atom. The van der Waals surface area contributed by atoms with E-state index in [1.165, 1.54) is 11.7 Å². The van der Waals surface area contributed by atoms with Crippen LogP contribution in [0.25, 0.3) is 11.4 Å². The van der Waals surface area contributed by atoms with Crippen LogP contribution in [0.4, 0.5) is 14.5 Å². The summed E-state index contributed by atoms with van der Waals surface area (Å²) in [5.74, 6) is -5.24. The Morgan fingerprint density at radius 3 is 2.67 bits per heavy atom. The van der Waals surface area contributed by atoms with Gasteiger partial charge in [-0.25, -0.2) is 8.78 Å². The number of rotatable bonds is 5. The van der Waals surface area contributed by atoms with Crippen LogP contribution in [-0.4, -0.2) is 39.0 Å². The highest BCUT2D eigenvalue weighted by molar-refractivity contribution is 5.70. The lowest BCUT2D eigenvalue weighted by Gasteiger charge is -2.24. The van der Waals surface area contributed by atoms with Crippen molar-refractivity contribution < 1.29 is 31.4 Å². The van der Waals surface area contributed by atoms with Crippen LogP contribution < -0.4 is 9.47 Å². The molecule has 4 rings (SSSR count). The van der Waals surface area contributed by atoms with E-state index >= 15 is 8.78 Å². The molecule has 0 spiro atoms. The van der Waals surface area contributed by atoms with Crippen LogP contribution in [0.15, 0.2) is 12.3 Å². The third-order valence-corrected chi connectivity index (χ3v) is 5.28. The Hall–Kier alpha value is -3.50. The molecule has 1 unspecified atom stereocenters. The fourth-order valence-electron chi connectivity index (χ4n) is 3.90. The van der Waals surface area contributed by atoms with Crippen molar-refractivity contribution in [3.05, 3.63) is 50.8 Å². The number of hydrogen-bond donors (Lipinski definition) is 1. The number of ether oxygens (including phenoxy) is 2. The summed E-state index contributed by atoms with van der Waals surface area (Å²) in [7, 11) is -4.67. The van der Waals surface area contributed by atoms with Gasteiger partial charge in [0.2, 0.25) is 0 Å². The van der Waals surface area contributed by atoms with Gasteiger partial charge in [0, 0.05) is 29.9 Å². The molecule has 0 fully saturated rings. The summed E-state index contributed by atoms with van der Waals surface area (Å²) in [5, 5.41) is 22.2. The molecule has 1 N–H and O–H groups in total. The normalized spacial score (nSPS) is 19.5. The summed E-state index contributed by atoms with van der Waals surface area (Å²) in [6.45, 7) is 0. The van der Waals surface area contributed by atoms with Gasteiger partial charge in [0.15, 0.2) is 28.8 Å². The summed E-state index contributed by atoms with van der Waals surface area (Å²) in [6, 6.07) is 0.553. The lowest BCUT2D eigenvalue weighted by Crippen LogP contribution is -2.16. The van der Waals surface area contributed by atoms with Crippen LogP contribution in [0, 0.1) is 21.7 Å². The first-order valence-corrected chi connectivity index (χ1v) is 8.79. The molecule has 2 aromatic heterocycles. The number of aromatic nitrogens is 4. The lowest BCUT2D eigenvalue weighted by atomic mass is 9.81. The van der Waals surface area contributed by atoms with E-state index in [0.29, 0.717) is 17.3 Å². The Kier molecular flexibility index (Phi) is 3.37. The van der Waals surface area contributed by atoms with Gasteiger partial charge in [-0.15, -0.1) is 0 Å². The minimum absolute atomic E-state index is 0.00769. The van der Waals surface area contributed by atoms with Crippen LogP contribution in [0.5, 0.6) is 11.5 Å². The fourth-order valence-corrected chi connectivity index (χ4v) is 3.90. The number of hydrogen-bond acceptors (Lipinski definition) is 6. The molecule has 0 saturated carbocycles. The van der Waals surface area contributed by atoms with Crippen LogP contribution in [0.3, 0.4) is 0 Å². The second-order valence-electron chi connectivity index (χ2n) is 6.85. The van der Waals surface area contributed by atoms with Crippen molar-refractivity contribution in [2.75, 3.05) is 14.1 Å². The van der Waals surface area contributed by atoms with Crippen LogP contribution in [0.2, 0.25) is 0 Å². The van der Waals surface area contributed by atoms with Gasteiger partial charge in [-0.1, -0.05) is 0 Å². The molecule has 0 saturated heterocycles. The van der Waals surface area contributed by atoms with Gasteiger partial charge >= 0.3 is 5.69 Å². The third-order valence-electron chi connectivity index (χ3n) is 5.28. The molecule has 2 heterocycles. The second-order valence-corrected chi connectivity index (χ2v) is 6.85. The van der Waals surface area contributed by atoms with Gasteiger partial charge in [-0.3, -0.25) is 19.9 Å². The first-order chi connectivity index (χ1) is 16.7. The number of benzene rings is 1. The van der Waals surface area contributed by atoms with Crippen LogP contribution >= 0.6 is 0 Å². The molecule has 0 bridgehead atoms. The maximum Gasteiger partial charge on any atom is 0.316 e. The van der Waals surface area contributed by atoms with E-state index in [9.17, 15) is 10.1 Å². The smallest absolute Gasteiger partial charge is 0.316 e. The molecular formula is C19H19F2N5O4. The SMILES string of the molecule is [2H]C([2H])([2H])Oc1cc(OC([2H])([2H])[2H])c(F)c(C2CCc3c(-c4c([N+](=O)[O-])cnn4C)n[nH]c3C2)c1F. The quantitative estimate of drug-likeness (QED) is 0.496. The minimum atomic E-state index is -3.09. The summed E-state index contributed by atoms with van der Waals surface area (Å²) in [4.78, 5) is 10.8. The van der Waals surface area contributed by atoms with Crippen molar-refractivity contribution in [1.29, 1.82) is 0 Å². The zero-order valence-corrected chi connectivity index (χ0v) is 15.5. The van der Waals surface area contributed by atoms with Crippen molar-refractivity contribution in [1.82, 2.24) is 20.0 Å². The second kappa shape index (κ2) is 7.39. The van der Waals surface area contributed by atoms with Crippen LogP contribution in [0.1, 0.15) is 37.4 Å². The molecule has 1 aliphatic rings. The molecule has 30 heavy (non-hydrogen) atoms. The summed E-state index contributed by atoms with van der Waals surface area (Å²) >= 11 is 0. The summed E-state index contributed by atoms with van der Waals surface area (Å²) in [6.07, 6.45) is 1.41. The van der Waals surface area contributed by atoms with Crippen molar-refractivity contribution in [2.45, 2.75) is 25.2 Å². The van der Waals surface area contributed by atoms with E-state index in [4.69, 9.17) is 8.22 Å². The van der Waals surface area contributed by atoms with Crippen LogP contribution in [-0.2, 0) is 19.9 Å². The van der Waals surface area contributed by atoms with Crippen molar-refractivity contribution >= 4 is 5.69 Å². The number of aromatic amines is 1. The number of nitrogens with zero attached hydrogens (tertiary/aromatic N) is 4. The third kappa shape index (κ3) is 2.97. The number of methoxy groups -OCH3 is 2. The Morgan fingerprint density at radius 1 is 1.33 bits per heavy atom. The first-order valence-electron chi connectivity index (χ1n) is 11.8. The number of fused-ring (bicyclic) bond motifs is 1. The molecule has 9 nitrogen and oxygen atoms in total. The van der Waals surface area contributed by atoms with Crippen molar-refractivity contribution in [2.24, 2.45) is 7.05 Å². The predicted octanol–water partition coefficient (Wildman–Crippen LogP) is 3.29. The highest BCUT2D eigenvalue weighted by atomic mass is 19.1. The van der Waals surface area contributed by atoms with E-state index in [-0.39, 0.29) is 36.3 Å². The molecule has 1 aromatic carbocycles. The highest BCUT2D eigenvalue weighted by Crippen LogP contribution is 2.42. The number of H-pyrrole nitrogens is 1. The Bertz CT molecular complexity index is 1300. The molecule has 11 heteroatoms. The lowest BCUT2D eigenvalue weighted by molar-refractivity contribution is -0.384. The van der Waals surface area contributed by atoms with E-state index in [0.717, 1.165) is 6.20 Å². The summed E-state index contributed by atoms with van der Waals surface area (Å²) in [5.41, 5.74) is 0.650. The standard InChI is InChI=1S/C19H19F2N5O4/c1-25-19(12(8-22-25)26(27)28)18-10-5-4-9(6-11(10)23-24-18)15-16(20)13(29-2)7-14(30-3)17(15)21/h7-9H,4-6H2,1-3H3,(H,23,24)/i2D3,3D3. The van der Waals surface area contributed by atoms with E-state index in [1.807, 2.05) is 0 Å². The van der Waals surface area contributed by atoms with Gasteiger partial charge < -0.3 is 9.47 Å². The van der Waals surface area contributed by atoms with Gasteiger partial charge in [0.05, 0.1) is 27.2 Å². The topological polar surface area (TPSA) is 108 Å². The van der Waals surface area contributed by atoms with E-state index < -0.39 is 53.6 Å². The van der Waals surface area contributed by atoms with E-state index in [1.54, 1.807) is 0 Å². The average Bonchev–Trinajstić information content (AvgIpc) is 3.32. The molecular weight excluding hydrogens is 400 g/mol. The van der Waals surface area contributed by atoms with Crippen molar-refractivity contribution in [3.63, 3.8) is 0 Å². The molecule has 158 valence electrons. The number of nitrogens with one attached hydrogen (secondary N) is 1.